The topological polar surface area (TPSA) is 173 Å². The van der Waals surface area contributed by atoms with Crippen molar-refractivity contribution < 1.29 is 37.8 Å². The Balaban J connectivity index is 1.94. The average molecular weight is 543 g/mol. The molecular weight excluding hydrogens is 508 g/mol. The number of nitrogens with zero attached hydrogens (tertiary/aromatic N) is 2. The molecule has 2 heterocycles. The SMILES string of the molecule is CCC[C@@H](NC(=O)[C@]1(N)CSC(/C(C)=N/OC(=O)COCCOCCOC)=N1)c1cc(OC)cc(=O)o1. The van der Waals surface area contributed by atoms with Gasteiger partial charge in [0, 0.05) is 18.9 Å². The molecule has 1 aromatic heterocycles. The minimum absolute atomic E-state index is 0.141. The lowest BCUT2D eigenvalue weighted by atomic mass is 10.1. The lowest BCUT2D eigenvalue weighted by molar-refractivity contribution is -0.149. The van der Waals surface area contributed by atoms with Crippen LogP contribution in [0.3, 0.4) is 0 Å². The minimum Gasteiger partial charge on any atom is -0.496 e. The van der Waals surface area contributed by atoms with Gasteiger partial charge in [0.2, 0.25) is 0 Å². The predicted molar refractivity (Wildman–Crippen MR) is 137 cm³/mol. The molecule has 1 amide bonds. The molecule has 0 aromatic carbocycles. The van der Waals surface area contributed by atoms with E-state index in [1.54, 1.807) is 20.1 Å². The fourth-order valence-electron chi connectivity index (χ4n) is 3.05. The minimum atomic E-state index is -1.59. The molecule has 0 radical (unpaired) electrons. The summed E-state index contributed by atoms with van der Waals surface area (Å²) in [4.78, 5) is 45.9. The number of methoxy groups -OCH3 is 2. The van der Waals surface area contributed by atoms with Crippen molar-refractivity contribution in [1.82, 2.24) is 5.32 Å². The number of carbonyl (C=O) groups excluding carboxylic acids is 2. The molecule has 0 saturated carbocycles. The Kier molecular flexibility index (Phi) is 12.7. The number of carbonyl (C=O) groups is 2. The number of aliphatic imine (C=N–C) groups is 1. The molecule has 0 aliphatic carbocycles. The molecule has 3 N–H and O–H groups in total. The van der Waals surface area contributed by atoms with Crippen LogP contribution in [0.4, 0.5) is 0 Å². The van der Waals surface area contributed by atoms with Crippen LogP contribution >= 0.6 is 11.8 Å². The molecule has 14 heteroatoms. The molecule has 1 aromatic rings. The summed E-state index contributed by atoms with van der Waals surface area (Å²) in [6.07, 6.45) is 1.20. The van der Waals surface area contributed by atoms with Crippen LogP contribution in [0.1, 0.15) is 38.5 Å². The zero-order valence-corrected chi connectivity index (χ0v) is 22.3. The maximum Gasteiger partial charge on any atom is 0.360 e. The highest BCUT2D eigenvalue weighted by Gasteiger charge is 2.41. The Bertz CT molecular complexity index is 1030. The van der Waals surface area contributed by atoms with E-state index in [4.69, 9.17) is 33.9 Å². The van der Waals surface area contributed by atoms with E-state index in [0.29, 0.717) is 43.5 Å². The van der Waals surface area contributed by atoms with Crippen molar-refractivity contribution in [2.75, 3.05) is 53.0 Å². The van der Waals surface area contributed by atoms with Crippen LogP contribution in [0.15, 0.2) is 31.5 Å². The lowest BCUT2D eigenvalue weighted by Crippen LogP contribution is -2.54. The first-order valence-corrected chi connectivity index (χ1v) is 12.6. The first kappa shape index (κ1) is 30.4. The predicted octanol–water partition coefficient (Wildman–Crippen LogP) is 1.00. The van der Waals surface area contributed by atoms with Gasteiger partial charge in [0.25, 0.3) is 5.91 Å². The van der Waals surface area contributed by atoms with Gasteiger partial charge >= 0.3 is 11.6 Å². The van der Waals surface area contributed by atoms with E-state index in [-0.39, 0.29) is 30.4 Å². The number of hydrogen-bond donors (Lipinski definition) is 2. The average Bonchev–Trinajstić information content (AvgIpc) is 3.29. The van der Waals surface area contributed by atoms with Gasteiger partial charge in [-0.25, -0.2) is 14.6 Å². The number of nitrogens with two attached hydrogens (primary N) is 1. The van der Waals surface area contributed by atoms with Crippen molar-refractivity contribution in [3.8, 4) is 5.75 Å². The first-order chi connectivity index (χ1) is 17.7. The Morgan fingerprint density at radius 3 is 2.68 bits per heavy atom. The van der Waals surface area contributed by atoms with Gasteiger partial charge in [0.05, 0.1) is 45.6 Å². The number of rotatable bonds is 16. The van der Waals surface area contributed by atoms with Gasteiger partial charge in [-0.1, -0.05) is 18.5 Å². The van der Waals surface area contributed by atoms with Gasteiger partial charge in [0.1, 0.15) is 28.9 Å². The standard InChI is InChI=1S/C23H34N4O9S/c1-5-6-17(18-11-16(32-4)12-19(28)35-18)25-22(30)23(24)14-37-21(26-23)15(2)27-36-20(29)13-34-10-9-33-8-7-31-3/h11-12,17H,5-10,13-14,24H2,1-4H3,(H,25,30)/b27-15+/t17-,23+/m1/s1. The second-order valence-corrected chi connectivity index (χ2v) is 8.93. The number of hydrogen-bond acceptors (Lipinski definition) is 13. The molecule has 1 aliphatic heterocycles. The molecule has 0 bridgehead atoms. The third kappa shape index (κ3) is 9.89. The van der Waals surface area contributed by atoms with Crippen molar-refractivity contribution in [2.24, 2.45) is 15.9 Å². The van der Waals surface area contributed by atoms with Crippen LogP contribution in [-0.2, 0) is 28.6 Å². The van der Waals surface area contributed by atoms with Gasteiger partial charge in [-0.2, -0.15) is 0 Å². The molecule has 0 unspecified atom stereocenters. The molecule has 0 saturated heterocycles. The number of nitrogens with one attached hydrogen (secondary N) is 1. The van der Waals surface area contributed by atoms with Crippen LogP contribution < -0.4 is 21.4 Å². The zero-order chi connectivity index (χ0) is 27.3. The molecule has 2 atom stereocenters. The van der Waals surface area contributed by atoms with Crippen molar-refractivity contribution in [3.63, 3.8) is 0 Å². The summed E-state index contributed by atoms with van der Waals surface area (Å²) in [5.74, 6) is -0.528. The van der Waals surface area contributed by atoms with E-state index < -0.39 is 29.2 Å². The monoisotopic (exact) mass is 542 g/mol. The van der Waals surface area contributed by atoms with Crippen LogP contribution in [0, 0.1) is 0 Å². The summed E-state index contributed by atoms with van der Waals surface area (Å²) in [5.41, 5.74) is 4.39. The highest BCUT2D eigenvalue weighted by Crippen LogP contribution is 2.27. The van der Waals surface area contributed by atoms with E-state index in [0.717, 1.165) is 0 Å². The Morgan fingerprint density at radius 1 is 1.24 bits per heavy atom. The maximum atomic E-state index is 13.1. The molecule has 13 nitrogen and oxygen atoms in total. The normalized spacial score (nSPS) is 18.3. The molecule has 1 aliphatic rings. The first-order valence-electron chi connectivity index (χ1n) is 11.6. The van der Waals surface area contributed by atoms with E-state index >= 15 is 0 Å². The van der Waals surface area contributed by atoms with E-state index in [1.165, 1.54) is 24.9 Å². The maximum absolute atomic E-state index is 13.1. The van der Waals surface area contributed by atoms with Crippen LogP contribution in [0.2, 0.25) is 0 Å². The van der Waals surface area contributed by atoms with Gasteiger partial charge < -0.3 is 33.5 Å². The third-order valence-corrected chi connectivity index (χ3v) is 6.21. The molecule has 206 valence electrons. The highest BCUT2D eigenvalue weighted by molar-refractivity contribution is 8.16. The molecule has 0 spiro atoms. The Labute approximate surface area is 219 Å². The highest BCUT2D eigenvalue weighted by atomic mass is 32.2. The summed E-state index contributed by atoms with van der Waals surface area (Å²) in [6.45, 7) is 4.65. The number of ether oxygens (including phenoxy) is 4. The lowest BCUT2D eigenvalue weighted by Gasteiger charge is -2.23. The molecule has 37 heavy (non-hydrogen) atoms. The van der Waals surface area contributed by atoms with Crippen LogP contribution in [0.25, 0.3) is 0 Å². The van der Waals surface area contributed by atoms with Gasteiger partial charge in [-0.05, 0) is 13.3 Å². The Hall–Kier alpha value is -2.78. The summed E-state index contributed by atoms with van der Waals surface area (Å²) >= 11 is 1.20. The third-order valence-electron chi connectivity index (χ3n) is 4.97. The van der Waals surface area contributed by atoms with Crippen molar-refractivity contribution in [2.45, 2.75) is 38.4 Å². The quantitative estimate of drug-likeness (QED) is 0.132. The number of thioether (sulfide) groups is 1. The zero-order valence-electron chi connectivity index (χ0n) is 21.4. The van der Waals surface area contributed by atoms with Gasteiger partial charge in [-0.15, -0.1) is 11.8 Å². The smallest absolute Gasteiger partial charge is 0.360 e. The van der Waals surface area contributed by atoms with Crippen molar-refractivity contribution >= 4 is 34.4 Å². The summed E-state index contributed by atoms with van der Waals surface area (Å²) in [5, 5.41) is 6.95. The fourth-order valence-corrected chi connectivity index (χ4v) is 4.07. The largest absolute Gasteiger partial charge is 0.496 e. The number of amides is 1. The molecule has 2 rings (SSSR count). The second kappa shape index (κ2) is 15.5. The number of oxime groups is 1. The molecular formula is C23H34N4O9S. The van der Waals surface area contributed by atoms with Crippen LogP contribution in [0.5, 0.6) is 5.75 Å². The second-order valence-electron chi connectivity index (χ2n) is 7.96. The van der Waals surface area contributed by atoms with E-state index in [9.17, 15) is 14.4 Å². The van der Waals surface area contributed by atoms with E-state index in [2.05, 4.69) is 15.5 Å². The van der Waals surface area contributed by atoms with Crippen molar-refractivity contribution in [3.05, 3.63) is 28.3 Å². The summed E-state index contributed by atoms with van der Waals surface area (Å²) in [6, 6.07) is 2.15. The van der Waals surface area contributed by atoms with Gasteiger partial charge in [0.15, 0.2) is 5.66 Å². The van der Waals surface area contributed by atoms with Crippen LogP contribution in [-0.4, -0.2) is 81.3 Å². The summed E-state index contributed by atoms with van der Waals surface area (Å²) in [7, 11) is 3.01. The van der Waals surface area contributed by atoms with Gasteiger partial charge in [-0.3, -0.25) is 10.5 Å². The van der Waals surface area contributed by atoms with E-state index in [1.807, 2.05) is 6.92 Å². The Morgan fingerprint density at radius 2 is 1.97 bits per heavy atom. The van der Waals surface area contributed by atoms with Crippen molar-refractivity contribution in [1.29, 1.82) is 0 Å². The molecule has 0 fully saturated rings. The summed E-state index contributed by atoms with van der Waals surface area (Å²) < 4.78 is 25.6. The fraction of sp³-hybridized carbons (Fsp3) is 0.609.